The zero-order valence-corrected chi connectivity index (χ0v) is 32.1. The first kappa shape index (κ1) is 39.5. The fourth-order valence-electron chi connectivity index (χ4n) is 6.05. The Balaban J connectivity index is 1.20. The molecule has 0 saturated carbocycles. The SMILES string of the molecule is Cc1ccc(-c2ccccc2C(=O)Nc2ccc(C(=O)N(C)c3ccccc3OCCN(CCC(=O)N3CCN(C)CC3)C(=O)OC(C)(C)C)cc2)cc1. The topological polar surface area (TPSA) is 112 Å². The van der Waals surface area contributed by atoms with E-state index in [9.17, 15) is 19.2 Å². The van der Waals surface area contributed by atoms with Gasteiger partial charge in [0.2, 0.25) is 5.91 Å². The number of para-hydroxylation sites is 2. The van der Waals surface area contributed by atoms with Crippen molar-refractivity contribution in [3.63, 3.8) is 0 Å². The average molecular weight is 734 g/mol. The summed E-state index contributed by atoms with van der Waals surface area (Å²) in [5.74, 6) is -0.0594. The molecule has 4 amide bonds. The number of carbonyl (C=O) groups is 4. The van der Waals surface area contributed by atoms with Crippen LogP contribution in [0.3, 0.4) is 0 Å². The van der Waals surface area contributed by atoms with Gasteiger partial charge < -0.3 is 34.4 Å². The second kappa shape index (κ2) is 17.9. The van der Waals surface area contributed by atoms with Crippen molar-refractivity contribution in [1.29, 1.82) is 0 Å². The summed E-state index contributed by atoms with van der Waals surface area (Å²) in [7, 11) is 3.70. The molecular weight excluding hydrogens is 683 g/mol. The minimum absolute atomic E-state index is 0.00178. The van der Waals surface area contributed by atoms with Crippen molar-refractivity contribution in [2.75, 3.05) is 70.2 Å². The van der Waals surface area contributed by atoms with Crippen molar-refractivity contribution >= 4 is 35.2 Å². The predicted octanol–water partition coefficient (Wildman–Crippen LogP) is 6.97. The molecule has 284 valence electrons. The van der Waals surface area contributed by atoms with E-state index in [0.717, 1.165) is 29.8 Å². The van der Waals surface area contributed by atoms with Gasteiger partial charge in [0.05, 0.1) is 12.2 Å². The van der Waals surface area contributed by atoms with Crippen LogP contribution in [-0.2, 0) is 9.53 Å². The van der Waals surface area contributed by atoms with Crippen LogP contribution in [0.4, 0.5) is 16.2 Å². The van der Waals surface area contributed by atoms with Gasteiger partial charge in [-0.3, -0.25) is 14.4 Å². The summed E-state index contributed by atoms with van der Waals surface area (Å²) < 4.78 is 11.8. The van der Waals surface area contributed by atoms with E-state index in [1.165, 1.54) is 9.80 Å². The first-order chi connectivity index (χ1) is 25.8. The number of rotatable bonds is 12. The summed E-state index contributed by atoms with van der Waals surface area (Å²) in [5, 5.41) is 2.96. The first-order valence-electron chi connectivity index (χ1n) is 18.3. The molecule has 0 aromatic heterocycles. The lowest BCUT2D eigenvalue weighted by Gasteiger charge is -2.33. The Labute approximate surface area is 318 Å². The Hall–Kier alpha value is -5.68. The van der Waals surface area contributed by atoms with Crippen LogP contribution < -0.4 is 15.0 Å². The van der Waals surface area contributed by atoms with Crippen molar-refractivity contribution in [3.8, 4) is 16.9 Å². The lowest BCUT2D eigenvalue weighted by atomic mass is 9.98. The molecule has 1 saturated heterocycles. The molecule has 1 aliphatic rings. The van der Waals surface area contributed by atoms with Crippen LogP contribution in [0.2, 0.25) is 0 Å². The summed E-state index contributed by atoms with van der Waals surface area (Å²) in [5.41, 5.74) is 4.29. The van der Waals surface area contributed by atoms with Gasteiger partial charge in [0.15, 0.2) is 0 Å². The van der Waals surface area contributed by atoms with E-state index in [0.29, 0.717) is 41.3 Å². The van der Waals surface area contributed by atoms with Crippen LogP contribution in [0.5, 0.6) is 5.75 Å². The van der Waals surface area contributed by atoms with Crippen molar-refractivity contribution in [1.82, 2.24) is 14.7 Å². The third-order valence-electron chi connectivity index (χ3n) is 9.18. The molecule has 11 nitrogen and oxygen atoms in total. The number of likely N-dealkylation sites (N-methyl/N-ethyl adjacent to an activating group) is 1. The van der Waals surface area contributed by atoms with Crippen molar-refractivity contribution < 1.29 is 28.7 Å². The number of nitrogens with one attached hydrogen (secondary N) is 1. The fourth-order valence-corrected chi connectivity index (χ4v) is 6.05. The molecule has 0 unspecified atom stereocenters. The number of hydrogen-bond donors (Lipinski definition) is 1. The molecule has 0 bridgehead atoms. The zero-order chi connectivity index (χ0) is 38.8. The highest BCUT2D eigenvalue weighted by molar-refractivity contribution is 6.09. The van der Waals surface area contributed by atoms with Gasteiger partial charge in [-0.15, -0.1) is 0 Å². The molecule has 1 heterocycles. The average Bonchev–Trinajstić information content (AvgIpc) is 3.15. The Bertz CT molecular complexity index is 1910. The van der Waals surface area contributed by atoms with Gasteiger partial charge in [-0.05, 0) is 88.3 Å². The summed E-state index contributed by atoms with van der Waals surface area (Å²) >= 11 is 0. The van der Waals surface area contributed by atoms with Gasteiger partial charge in [-0.2, -0.15) is 0 Å². The molecule has 0 atom stereocenters. The number of ether oxygens (including phenoxy) is 2. The quantitative estimate of drug-likeness (QED) is 0.167. The highest BCUT2D eigenvalue weighted by Gasteiger charge is 2.25. The van der Waals surface area contributed by atoms with E-state index in [4.69, 9.17) is 9.47 Å². The van der Waals surface area contributed by atoms with Crippen LogP contribution in [-0.4, -0.2) is 104 Å². The number of amides is 4. The number of carbonyl (C=O) groups excluding carboxylic acids is 4. The molecule has 4 aromatic carbocycles. The zero-order valence-electron chi connectivity index (χ0n) is 32.1. The van der Waals surface area contributed by atoms with Gasteiger partial charge >= 0.3 is 6.09 Å². The van der Waals surface area contributed by atoms with Crippen molar-refractivity contribution in [2.45, 2.75) is 39.7 Å². The molecule has 1 fully saturated rings. The molecule has 0 spiro atoms. The van der Waals surface area contributed by atoms with E-state index >= 15 is 0 Å². The van der Waals surface area contributed by atoms with Crippen LogP contribution in [0.25, 0.3) is 11.1 Å². The number of nitrogens with zero attached hydrogens (tertiary/aromatic N) is 4. The normalized spacial score (nSPS) is 13.2. The molecule has 54 heavy (non-hydrogen) atoms. The van der Waals surface area contributed by atoms with Gasteiger partial charge in [-0.1, -0.05) is 60.2 Å². The third kappa shape index (κ3) is 10.7. The molecule has 4 aromatic rings. The number of aryl methyl sites for hydroxylation is 1. The lowest BCUT2D eigenvalue weighted by Crippen LogP contribution is -2.48. The van der Waals surface area contributed by atoms with Crippen LogP contribution in [0.1, 0.15) is 53.5 Å². The molecule has 11 heteroatoms. The Morgan fingerprint density at radius 2 is 1.44 bits per heavy atom. The Morgan fingerprint density at radius 1 is 0.796 bits per heavy atom. The van der Waals surface area contributed by atoms with Crippen molar-refractivity contribution in [2.24, 2.45) is 0 Å². The van der Waals surface area contributed by atoms with Gasteiger partial charge in [0.25, 0.3) is 11.8 Å². The molecule has 1 N–H and O–H groups in total. The number of hydrogen-bond acceptors (Lipinski definition) is 7. The van der Waals surface area contributed by atoms with E-state index < -0.39 is 11.7 Å². The van der Waals surface area contributed by atoms with Crippen LogP contribution in [0, 0.1) is 6.92 Å². The fraction of sp³-hybridized carbons (Fsp3) is 0.349. The van der Waals surface area contributed by atoms with Gasteiger partial charge in [0.1, 0.15) is 18.0 Å². The van der Waals surface area contributed by atoms with Crippen molar-refractivity contribution in [3.05, 3.63) is 114 Å². The van der Waals surface area contributed by atoms with E-state index in [1.54, 1.807) is 70.3 Å². The van der Waals surface area contributed by atoms with E-state index in [1.807, 2.05) is 73.5 Å². The maximum atomic E-state index is 13.7. The Morgan fingerprint density at radius 3 is 2.13 bits per heavy atom. The summed E-state index contributed by atoms with van der Waals surface area (Å²) in [6.07, 6.45) is -0.340. The second-order valence-electron chi connectivity index (χ2n) is 14.5. The number of anilines is 2. The molecule has 0 aliphatic carbocycles. The maximum Gasteiger partial charge on any atom is 0.410 e. The van der Waals surface area contributed by atoms with Gasteiger partial charge in [0, 0.05) is 63.0 Å². The number of piperazine rings is 1. The molecular formula is C43H51N5O6. The summed E-state index contributed by atoms with van der Waals surface area (Å²) in [6.45, 7) is 10.9. The molecule has 0 radical (unpaired) electrons. The third-order valence-corrected chi connectivity index (χ3v) is 9.18. The van der Waals surface area contributed by atoms with E-state index in [-0.39, 0.29) is 43.8 Å². The van der Waals surface area contributed by atoms with Crippen LogP contribution in [0.15, 0.2) is 97.1 Å². The van der Waals surface area contributed by atoms with Gasteiger partial charge in [-0.25, -0.2) is 4.79 Å². The van der Waals surface area contributed by atoms with E-state index in [2.05, 4.69) is 10.2 Å². The highest BCUT2D eigenvalue weighted by atomic mass is 16.6. The lowest BCUT2D eigenvalue weighted by molar-refractivity contribution is -0.133. The minimum atomic E-state index is -0.704. The smallest absolute Gasteiger partial charge is 0.410 e. The number of benzene rings is 4. The second-order valence-corrected chi connectivity index (χ2v) is 14.5. The molecule has 5 rings (SSSR count). The Kier molecular flexibility index (Phi) is 13.1. The summed E-state index contributed by atoms with van der Waals surface area (Å²) in [4.78, 5) is 60.1. The predicted molar refractivity (Wildman–Crippen MR) is 212 cm³/mol. The maximum absolute atomic E-state index is 13.7. The minimum Gasteiger partial charge on any atom is -0.490 e. The summed E-state index contributed by atoms with van der Waals surface area (Å²) in [6, 6.07) is 29.4. The monoisotopic (exact) mass is 733 g/mol. The highest BCUT2D eigenvalue weighted by Crippen LogP contribution is 2.29. The molecule has 1 aliphatic heterocycles. The first-order valence-corrected chi connectivity index (χ1v) is 18.3. The standard InChI is InChI=1S/C43H51N5O6/c1-31-15-17-32(18-16-31)35-11-7-8-12-36(35)40(50)44-34-21-19-33(20-22-34)41(51)46(6)37-13-9-10-14-38(37)53-30-29-48(42(52)54-43(2,3)4)24-23-39(49)47-27-25-45(5)26-28-47/h7-22H,23-30H2,1-6H3,(H,44,50). The van der Waals surface area contributed by atoms with Crippen LogP contribution >= 0.6 is 0 Å². The largest absolute Gasteiger partial charge is 0.490 e.